The Morgan fingerprint density at radius 1 is 1.29 bits per heavy atom. The second-order valence-corrected chi connectivity index (χ2v) is 5.59. The molecule has 1 heterocycles. The minimum absolute atomic E-state index is 0.0446. The van der Waals surface area contributed by atoms with E-state index >= 15 is 0 Å². The molecule has 1 aliphatic heterocycles. The highest BCUT2D eigenvalue weighted by Gasteiger charge is 2.46. The van der Waals surface area contributed by atoms with Crippen LogP contribution in [0.5, 0.6) is 0 Å². The molecular formula is C16H22N2O3. The molecule has 1 saturated heterocycles. The van der Waals surface area contributed by atoms with Gasteiger partial charge in [-0.3, -0.25) is 9.59 Å². The Morgan fingerprint density at radius 3 is 2.57 bits per heavy atom. The summed E-state index contributed by atoms with van der Waals surface area (Å²) in [5.41, 5.74) is -0.184. The van der Waals surface area contributed by atoms with E-state index in [1.54, 1.807) is 11.8 Å². The van der Waals surface area contributed by atoms with Crippen LogP contribution in [-0.4, -0.2) is 42.5 Å². The van der Waals surface area contributed by atoms with Crippen molar-refractivity contribution in [2.75, 3.05) is 19.7 Å². The van der Waals surface area contributed by atoms with Crippen molar-refractivity contribution >= 4 is 11.8 Å². The molecule has 1 aromatic rings. The van der Waals surface area contributed by atoms with Crippen LogP contribution in [0.2, 0.25) is 0 Å². The van der Waals surface area contributed by atoms with Gasteiger partial charge in [0.05, 0.1) is 19.3 Å². The van der Waals surface area contributed by atoms with Gasteiger partial charge < -0.3 is 15.0 Å². The van der Waals surface area contributed by atoms with Crippen LogP contribution >= 0.6 is 0 Å². The van der Waals surface area contributed by atoms with Crippen molar-refractivity contribution in [1.29, 1.82) is 0 Å². The Labute approximate surface area is 125 Å². The van der Waals surface area contributed by atoms with Gasteiger partial charge >= 0.3 is 0 Å². The summed E-state index contributed by atoms with van der Waals surface area (Å²) in [6, 6.07) is 9.37. The van der Waals surface area contributed by atoms with Crippen molar-refractivity contribution in [1.82, 2.24) is 10.2 Å². The number of rotatable bonds is 5. The minimum Gasteiger partial charge on any atom is -0.377 e. The number of hydrogen-bond acceptors (Lipinski definition) is 3. The van der Waals surface area contributed by atoms with Crippen molar-refractivity contribution in [2.45, 2.75) is 32.4 Å². The number of nitrogens with zero attached hydrogens (tertiary/aromatic N) is 1. The second kappa shape index (κ2) is 6.26. The third-order valence-electron chi connectivity index (χ3n) is 3.79. The van der Waals surface area contributed by atoms with E-state index < -0.39 is 5.54 Å². The van der Waals surface area contributed by atoms with Crippen LogP contribution in [0.1, 0.15) is 26.3 Å². The molecule has 1 fully saturated rings. The fourth-order valence-electron chi connectivity index (χ4n) is 2.57. The van der Waals surface area contributed by atoms with Crippen LogP contribution in [-0.2, 0) is 19.9 Å². The quantitative estimate of drug-likeness (QED) is 0.889. The fraction of sp³-hybridized carbons (Fsp3) is 0.500. The Bertz CT molecular complexity index is 516. The Balaban J connectivity index is 2.28. The van der Waals surface area contributed by atoms with Gasteiger partial charge in [-0.15, -0.1) is 0 Å². The van der Waals surface area contributed by atoms with Gasteiger partial charge in [-0.05, 0) is 26.3 Å². The van der Waals surface area contributed by atoms with Crippen LogP contribution in [0, 0.1) is 0 Å². The lowest BCUT2D eigenvalue weighted by Crippen LogP contribution is -2.64. The zero-order valence-corrected chi connectivity index (χ0v) is 12.8. The first-order valence-corrected chi connectivity index (χ1v) is 7.22. The van der Waals surface area contributed by atoms with Crippen LogP contribution < -0.4 is 5.32 Å². The molecule has 0 spiro atoms. The van der Waals surface area contributed by atoms with E-state index in [-0.39, 0.29) is 24.5 Å². The van der Waals surface area contributed by atoms with E-state index in [2.05, 4.69) is 5.32 Å². The highest BCUT2D eigenvalue weighted by molar-refractivity contribution is 5.98. The molecule has 5 nitrogen and oxygen atoms in total. The maximum absolute atomic E-state index is 12.4. The van der Waals surface area contributed by atoms with E-state index in [1.165, 1.54) is 0 Å². The highest BCUT2D eigenvalue weighted by Crippen LogP contribution is 2.30. The van der Waals surface area contributed by atoms with Gasteiger partial charge in [-0.1, -0.05) is 30.3 Å². The smallest absolute Gasteiger partial charge is 0.250 e. The molecule has 0 saturated carbocycles. The van der Waals surface area contributed by atoms with Crippen LogP contribution in [0.4, 0.5) is 0 Å². The first kappa shape index (κ1) is 15.5. The number of hydrogen-bond donors (Lipinski definition) is 1. The maximum Gasteiger partial charge on any atom is 0.250 e. The van der Waals surface area contributed by atoms with Gasteiger partial charge in [0.25, 0.3) is 5.91 Å². The van der Waals surface area contributed by atoms with Crippen LogP contribution in [0.15, 0.2) is 30.3 Å². The van der Waals surface area contributed by atoms with Gasteiger partial charge in [0.2, 0.25) is 5.91 Å². The van der Waals surface area contributed by atoms with E-state index in [1.807, 2.05) is 44.2 Å². The molecule has 21 heavy (non-hydrogen) atoms. The molecule has 5 heteroatoms. The van der Waals surface area contributed by atoms with E-state index in [9.17, 15) is 9.59 Å². The Morgan fingerprint density at radius 2 is 1.95 bits per heavy atom. The lowest BCUT2D eigenvalue weighted by molar-refractivity contribution is -0.154. The summed E-state index contributed by atoms with van der Waals surface area (Å²) in [6.45, 7) is 6.53. The van der Waals surface area contributed by atoms with Crippen molar-refractivity contribution in [3.05, 3.63) is 35.9 Å². The average molecular weight is 290 g/mol. The molecule has 1 aromatic carbocycles. The van der Waals surface area contributed by atoms with Gasteiger partial charge in [-0.2, -0.15) is 0 Å². The number of carbonyl (C=O) groups is 2. The van der Waals surface area contributed by atoms with Gasteiger partial charge in [0.15, 0.2) is 0 Å². The SMILES string of the molecule is CC(C)OCCN1C(=O)CNC(=O)C1(C)c1ccccc1. The molecule has 1 N–H and O–H groups in total. The molecule has 0 bridgehead atoms. The summed E-state index contributed by atoms with van der Waals surface area (Å²) < 4.78 is 5.53. The molecule has 0 radical (unpaired) electrons. The van der Waals surface area contributed by atoms with Crippen LogP contribution in [0.25, 0.3) is 0 Å². The number of nitrogens with one attached hydrogen (secondary N) is 1. The molecular weight excluding hydrogens is 268 g/mol. The van der Waals surface area contributed by atoms with Crippen LogP contribution in [0.3, 0.4) is 0 Å². The Hall–Kier alpha value is -1.88. The molecule has 2 amide bonds. The topological polar surface area (TPSA) is 58.6 Å². The average Bonchev–Trinajstić information content (AvgIpc) is 2.47. The largest absolute Gasteiger partial charge is 0.377 e. The third kappa shape index (κ3) is 3.08. The molecule has 2 rings (SSSR count). The zero-order chi connectivity index (χ0) is 15.5. The number of carbonyl (C=O) groups excluding carboxylic acids is 2. The number of ether oxygens (including phenoxy) is 1. The predicted molar refractivity (Wildman–Crippen MR) is 79.6 cm³/mol. The summed E-state index contributed by atoms with van der Waals surface area (Å²) in [5.74, 6) is -0.244. The van der Waals surface area contributed by atoms with E-state index in [0.29, 0.717) is 13.2 Å². The number of amides is 2. The standard InChI is InChI=1S/C16H22N2O3/c1-12(2)21-10-9-18-14(19)11-17-15(20)16(18,3)13-7-5-4-6-8-13/h4-8,12H,9-11H2,1-3H3,(H,17,20). The first-order chi connectivity index (χ1) is 9.96. The van der Waals surface area contributed by atoms with Crippen molar-refractivity contribution in [2.24, 2.45) is 0 Å². The second-order valence-electron chi connectivity index (χ2n) is 5.59. The summed E-state index contributed by atoms with van der Waals surface area (Å²) in [5, 5.41) is 2.68. The van der Waals surface area contributed by atoms with Crippen molar-refractivity contribution in [3.8, 4) is 0 Å². The van der Waals surface area contributed by atoms with Gasteiger partial charge in [-0.25, -0.2) is 0 Å². The number of piperazine rings is 1. The monoisotopic (exact) mass is 290 g/mol. The number of benzene rings is 1. The Kier molecular flexibility index (Phi) is 4.63. The molecule has 1 atom stereocenters. The summed E-state index contributed by atoms with van der Waals surface area (Å²) in [7, 11) is 0. The summed E-state index contributed by atoms with van der Waals surface area (Å²) in [4.78, 5) is 26.3. The van der Waals surface area contributed by atoms with Gasteiger partial charge in [0.1, 0.15) is 5.54 Å². The summed E-state index contributed by atoms with van der Waals surface area (Å²) >= 11 is 0. The fourth-order valence-corrected chi connectivity index (χ4v) is 2.57. The normalized spacial score (nSPS) is 22.6. The first-order valence-electron chi connectivity index (χ1n) is 7.22. The van der Waals surface area contributed by atoms with Crippen molar-refractivity contribution in [3.63, 3.8) is 0 Å². The van der Waals surface area contributed by atoms with Crippen molar-refractivity contribution < 1.29 is 14.3 Å². The van der Waals surface area contributed by atoms with Gasteiger partial charge in [0, 0.05) is 6.54 Å². The molecule has 1 unspecified atom stereocenters. The predicted octanol–water partition coefficient (Wildman–Crippen LogP) is 1.29. The zero-order valence-electron chi connectivity index (χ0n) is 12.8. The van der Waals surface area contributed by atoms with E-state index in [0.717, 1.165) is 5.56 Å². The minimum atomic E-state index is -0.989. The lowest BCUT2D eigenvalue weighted by Gasteiger charge is -2.43. The molecule has 0 aliphatic carbocycles. The molecule has 1 aliphatic rings. The molecule has 0 aromatic heterocycles. The molecule has 114 valence electrons. The maximum atomic E-state index is 12.4. The summed E-state index contributed by atoms with van der Waals surface area (Å²) in [6.07, 6.45) is 0.0988. The third-order valence-corrected chi connectivity index (χ3v) is 3.79. The lowest BCUT2D eigenvalue weighted by atomic mass is 9.87. The van der Waals surface area contributed by atoms with E-state index in [4.69, 9.17) is 4.74 Å². The highest BCUT2D eigenvalue weighted by atomic mass is 16.5.